The number of hydrogen-bond donors (Lipinski definition) is 2. The monoisotopic (exact) mass is 624 g/mol. The highest BCUT2D eigenvalue weighted by Gasteiger charge is 2.56. The number of nitrogens with one attached hydrogen (secondary N) is 2. The summed E-state index contributed by atoms with van der Waals surface area (Å²) in [6, 6.07) is 8.03. The van der Waals surface area contributed by atoms with Crippen molar-refractivity contribution >= 4 is 30.1 Å². The fourth-order valence-electron chi connectivity index (χ4n) is 5.91. The molecule has 12 heteroatoms. The number of aromatic nitrogens is 2. The first-order valence-electron chi connectivity index (χ1n) is 15.7. The lowest BCUT2D eigenvalue weighted by Crippen LogP contribution is -2.44. The second-order valence-electron chi connectivity index (χ2n) is 13.7. The molecule has 2 saturated heterocycles. The number of ether oxygens (including phenoxy) is 3. The van der Waals surface area contributed by atoms with E-state index in [2.05, 4.69) is 84.0 Å². The third kappa shape index (κ3) is 8.10. The number of carbonyl (C=O) groups excluding carboxylic acids is 1. The molecule has 2 fully saturated rings. The summed E-state index contributed by atoms with van der Waals surface area (Å²) in [6.45, 7) is 20.5. The molecule has 0 aliphatic carbocycles. The van der Waals surface area contributed by atoms with Gasteiger partial charge in [-0.2, -0.15) is 0 Å². The van der Waals surface area contributed by atoms with Gasteiger partial charge in [-0.3, -0.25) is 14.5 Å². The Morgan fingerprint density at radius 3 is 2.40 bits per heavy atom. The summed E-state index contributed by atoms with van der Waals surface area (Å²) in [7, 11) is 5.55. The number of carbonyl (C=O) groups is 1. The number of amides is 2. The molecule has 12 nitrogen and oxygen atoms in total. The maximum absolute atomic E-state index is 12.5. The van der Waals surface area contributed by atoms with E-state index in [4.69, 9.17) is 14.2 Å². The molecule has 1 aromatic heterocycles. The van der Waals surface area contributed by atoms with Gasteiger partial charge in [0.25, 0.3) is 0 Å². The Morgan fingerprint density at radius 2 is 1.82 bits per heavy atom. The van der Waals surface area contributed by atoms with Crippen LogP contribution in [-0.2, 0) is 19.6 Å². The lowest BCUT2D eigenvalue weighted by Gasteiger charge is -2.31. The molecule has 2 aliphatic heterocycles. The first-order chi connectivity index (χ1) is 21.1. The van der Waals surface area contributed by atoms with Crippen LogP contribution in [0.15, 0.2) is 40.6 Å². The molecule has 0 bridgehead atoms. The van der Waals surface area contributed by atoms with Gasteiger partial charge in [0.1, 0.15) is 24.0 Å². The molecule has 4 rings (SSSR count). The van der Waals surface area contributed by atoms with E-state index in [1.54, 1.807) is 13.4 Å². The molecule has 3 heterocycles. The number of aliphatic imine (C=N–C) groups is 2. The SMILES string of the molecule is C=Nc1c(C(=NC)N(C)C)ncn1C1OC(CN(CCCNC(=O)Nc2ccc(C(C)(C)C)cc2)C(C)C)C2OC(C)(C)OC21. The zero-order chi connectivity index (χ0) is 33.1. The third-order valence-corrected chi connectivity index (χ3v) is 8.23. The van der Waals surface area contributed by atoms with E-state index in [0.29, 0.717) is 30.4 Å². The van der Waals surface area contributed by atoms with E-state index < -0.39 is 12.0 Å². The Bertz CT molecular complexity index is 1350. The molecule has 2 N–H and O–H groups in total. The molecule has 2 amide bonds. The zero-order valence-corrected chi connectivity index (χ0v) is 28.6. The number of fused-ring (bicyclic) bond motifs is 1. The normalized spacial score (nSPS) is 23.0. The zero-order valence-electron chi connectivity index (χ0n) is 28.6. The van der Waals surface area contributed by atoms with Gasteiger partial charge >= 0.3 is 6.03 Å². The van der Waals surface area contributed by atoms with Crippen molar-refractivity contribution in [2.24, 2.45) is 9.98 Å². The Kier molecular flexibility index (Phi) is 10.7. The molecule has 45 heavy (non-hydrogen) atoms. The smallest absolute Gasteiger partial charge is 0.319 e. The van der Waals surface area contributed by atoms with Gasteiger partial charge in [-0.05, 0) is 63.9 Å². The van der Waals surface area contributed by atoms with Crippen molar-refractivity contribution in [1.29, 1.82) is 0 Å². The molecular formula is C33H52N8O4. The summed E-state index contributed by atoms with van der Waals surface area (Å²) in [5.74, 6) is 0.503. The molecule has 2 aliphatic rings. The van der Waals surface area contributed by atoms with Crippen LogP contribution in [0.25, 0.3) is 0 Å². The predicted octanol–water partition coefficient (Wildman–Crippen LogP) is 4.79. The minimum Gasteiger partial charge on any atom is -0.361 e. The summed E-state index contributed by atoms with van der Waals surface area (Å²) < 4.78 is 21.3. The molecule has 0 saturated carbocycles. The summed E-state index contributed by atoms with van der Waals surface area (Å²) in [6.07, 6.45) is 1.10. The van der Waals surface area contributed by atoms with Gasteiger partial charge in [-0.1, -0.05) is 32.9 Å². The highest BCUT2D eigenvalue weighted by atomic mass is 16.8. The van der Waals surface area contributed by atoms with E-state index in [0.717, 1.165) is 18.7 Å². The Labute approximate surface area is 268 Å². The molecule has 1 aromatic carbocycles. The molecule has 4 atom stereocenters. The maximum atomic E-state index is 12.5. The van der Waals surface area contributed by atoms with Crippen LogP contribution in [0.5, 0.6) is 0 Å². The standard InChI is InChI=1S/C33H52N8O4/c1-21(2)40(18-12-17-36-31(42)38-23-15-13-22(14-16-23)32(3,4)5)19-24-26-27(45-33(6,7)44-26)30(43-24)41-20-37-25(29(41)35-9)28(34-8)39(10)11/h13-16,20-21,24,26-27,30H,9,12,17-19H2,1-8,10-11H3,(H2,36,38,42). The van der Waals surface area contributed by atoms with Crippen molar-refractivity contribution in [3.05, 3.63) is 41.9 Å². The van der Waals surface area contributed by atoms with Crippen molar-refractivity contribution < 1.29 is 19.0 Å². The van der Waals surface area contributed by atoms with E-state index in [9.17, 15) is 4.79 Å². The fraction of sp³-hybridized carbons (Fsp3) is 0.636. The minimum atomic E-state index is -0.756. The second kappa shape index (κ2) is 14.0. The number of rotatable bonds is 11. The highest BCUT2D eigenvalue weighted by Crippen LogP contribution is 2.45. The fourth-order valence-corrected chi connectivity index (χ4v) is 5.91. The van der Waals surface area contributed by atoms with Gasteiger partial charge in [-0.15, -0.1) is 0 Å². The molecule has 2 aromatic rings. The molecule has 4 unspecified atom stereocenters. The van der Waals surface area contributed by atoms with Crippen molar-refractivity contribution in [3.8, 4) is 0 Å². The van der Waals surface area contributed by atoms with Crippen molar-refractivity contribution in [2.45, 2.75) is 96.7 Å². The lowest BCUT2D eigenvalue weighted by molar-refractivity contribution is -0.198. The van der Waals surface area contributed by atoms with Crippen LogP contribution in [0.2, 0.25) is 0 Å². The Balaban J connectivity index is 1.38. The number of amidine groups is 1. The number of anilines is 1. The van der Waals surface area contributed by atoms with Crippen LogP contribution in [0.4, 0.5) is 16.3 Å². The van der Waals surface area contributed by atoms with Crippen molar-refractivity contribution in [2.75, 3.05) is 46.1 Å². The average Bonchev–Trinajstić information content (AvgIpc) is 3.60. The van der Waals surface area contributed by atoms with Crippen LogP contribution < -0.4 is 10.6 Å². The summed E-state index contributed by atoms with van der Waals surface area (Å²) >= 11 is 0. The van der Waals surface area contributed by atoms with Crippen LogP contribution in [0, 0.1) is 0 Å². The quantitative estimate of drug-likeness (QED) is 0.210. The molecule has 0 radical (unpaired) electrons. The molecular weight excluding hydrogens is 572 g/mol. The van der Waals surface area contributed by atoms with Crippen molar-refractivity contribution in [3.63, 3.8) is 0 Å². The van der Waals surface area contributed by atoms with Crippen LogP contribution in [0.3, 0.4) is 0 Å². The van der Waals surface area contributed by atoms with E-state index in [1.807, 2.05) is 49.5 Å². The number of hydrogen-bond acceptors (Lipinski definition) is 8. The highest BCUT2D eigenvalue weighted by molar-refractivity contribution is 6.00. The summed E-state index contributed by atoms with van der Waals surface area (Å²) in [5.41, 5.74) is 2.69. The van der Waals surface area contributed by atoms with Gasteiger partial charge in [0.05, 0.1) is 6.33 Å². The Morgan fingerprint density at radius 1 is 1.16 bits per heavy atom. The van der Waals surface area contributed by atoms with Crippen LogP contribution in [0.1, 0.15) is 72.4 Å². The van der Waals surface area contributed by atoms with E-state index in [1.165, 1.54) is 5.56 Å². The first-order valence-corrected chi connectivity index (χ1v) is 15.7. The number of nitrogens with zero attached hydrogens (tertiary/aromatic N) is 6. The van der Waals surface area contributed by atoms with E-state index >= 15 is 0 Å². The molecule has 248 valence electrons. The summed E-state index contributed by atoms with van der Waals surface area (Å²) in [5, 5.41) is 5.91. The summed E-state index contributed by atoms with van der Waals surface area (Å²) in [4.78, 5) is 30.1. The number of urea groups is 1. The third-order valence-electron chi connectivity index (χ3n) is 8.23. The second-order valence-corrected chi connectivity index (χ2v) is 13.7. The van der Waals surface area contributed by atoms with Gasteiger partial charge in [0, 0.05) is 52.5 Å². The molecule has 0 spiro atoms. The Hall–Kier alpha value is -3.32. The minimum absolute atomic E-state index is 0.0657. The van der Waals surface area contributed by atoms with E-state index in [-0.39, 0.29) is 35.8 Å². The van der Waals surface area contributed by atoms with Crippen LogP contribution >= 0.6 is 0 Å². The van der Waals surface area contributed by atoms with Gasteiger partial charge in [0.15, 0.2) is 23.7 Å². The predicted molar refractivity (Wildman–Crippen MR) is 179 cm³/mol. The largest absolute Gasteiger partial charge is 0.361 e. The topological polar surface area (TPSA) is 118 Å². The van der Waals surface area contributed by atoms with Crippen molar-refractivity contribution in [1.82, 2.24) is 24.7 Å². The maximum Gasteiger partial charge on any atom is 0.319 e. The van der Waals surface area contributed by atoms with Crippen LogP contribution in [-0.4, -0.2) is 109 Å². The van der Waals surface area contributed by atoms with Gasteiger partial charge in [0.2, 0.25) is 0 Å². The van der Waals surface area contributed by atoms with Gasteiger partial charge in [-0.25, -0.2) is 14.8 Å². The lowest BCUT2D eigenvalue weighted by atomic mass is 9.87. The first kappa shape index (κ1) is 34.6. The number of benzene rings is 1. The van der Waals surface area contributed by atoms with Gasteiger partial charge < -0.3 is 29.7 Å². The average molecular weight is 625 g/mol. The number of imidazole rings is 1.